The summed E-state index contributed by atoms with van der Waals surface area (Å²) in [4.78, 5) is 8.66. The lowest BCUT2D eigenvalue weighted by Gasteiger charge is -2.13. The molecule has 104 valence electrons. The number of hydrogen-bond acceptors (Lipinski definition) is 4. The minimum Gasteiger partial charge on any atom is -0.339 e. The van der Waals surface area contributed by atoms with Crippen molar-refractivity contribution in [1.29, 1.82) is 0 Å². The molecular formula is C14H14Cl2N4. The maximum Gasteiger partial charge on any atom is 0.224 e. The second-order valence-corrected chi connectivity index (χ2v) is 5.37. The van der Waals surface area contributed by atoms with Gasteiger partial charge in [-0.3, -0.25) is 0 Å². The predicted octanol–water partition coefficient (Wildman–Crippen LogP) is 3.22. The van der Waals surface area contributed by atoms with E-state index in [2.05, 4.69) is 20.6 Å². The van der Waals surface area contributed by atoms with Crippen molar-refractivity contribution in [3.05, 3.63) is 45.8 Å². The Morgan fingerprint density at radius 2 is 1.85 bits per heavy atom. The van der Waals surface area contributed by atoms with Gasteiger partial charge < -0.3 is 10.6 Å². The van der Waals surface area contributed by atoms with E-state index in [-0.39, 0.29) is 5.28 Å². The molecule has 0 saturated carbocycles. The van der Waals surface area contributed by atoms with Crippen LogP contribution in [0.2, 0.25) is 10.3 Å². The third-order valence-electron chi connectivity index (χ3n) is 3.28. The first-order valence-corrected chi connectivity index (χ1v) is 7.27. The number of aromatic nitrogens is 2. The van der Waals surface area contributed by atoms with Gasteiger partial charge in [0.1, 0.15) is 5.82 Å². The summed E-state index contributed by atoms with van der Waals surface area (Å²) in [6, 6.07) is 7.58. The lowest BCUT2D eigenvalue weighted by Crippen LogP contribution is -2.16. The summed E-state index contributed by atoms with van der Waals surface area (Å²) < 4.78 is 0. The van der Waals surface area contributed by atoms with Crippen molar-refractivity contribution in [1.82, 2.24) is 15.3 Å². The lowest BCUT2D eigenvalue weighted by atomic mass is 10.1. The van der Waals surface area contributed by atoms with Crippen molar-refractivity contribution in [2.75, 3.05) is 18.4 Å². The summed E-state index contributed by atoms with van der Waals surface area (Å²) in [6.45, 7) is 1.82. The maximum absolute atomic E-state index is 6.18. The van der Waals surface area contributed by atoms with Gasteiger partial charge in [0.05, 0.1) is 16.4 Å². The summed E-state index contributed by atoms with van der Waals surface area (Å²) in [5.41, 5.74) is 2.94. The van der Waals surface area contributed by atoms with Crippen LogP contribution in [0, 0.1) is 0 Å². The largest absolute Gasteiger partial charge is 0.339 e. The SMILES string of the molecule is Clc1nc2c(c(Nc3ccccc3Cl)n1)CCNCC2. The zero-order valence-corrected chi connectivity index (χ0v) is 12.3. The van der Waals surface area contributed by atoms with Gasteiger partial charge in [0, 0.05) is 18.5 Å². The topological polar surface area (TPSA) is 49.8 Å². The highest BCUT2D eigenvalue weighted by atomic mass is 35.5. The van der Waals surface area contributed by atoms with E-state index in [1.54, 1.807) is 0 Å². The Morgan fingerprint density at radius 3 is 2.70 bits per heavy atom. The maximum atomic E-state index is 6.18. The van der Waals surface area contributed by atoms with E-state index in [1.807, 2.05) is 24.3 Å². The van der Waals surface area contributed by atoms with Gasteiger partial charge in [0.2, 0.25) is 5.28 Å². The van der Waals surface area contributed by atoms with E-state index >= 15 is 0 Å². The minimum atomic E-state index is 0.264. The molecule has 2 N–H and O–H groups in total. The van der Waals surface area contributed by atoms with Crippen molar-refractivity contribution in [2.45, 2.75) is 12.8 Å². The molecule has 0 bridgehead atoms. The molecule has 20 heavy (non-hydrogen) atoms. The molecule has 0 spiro atoms. The van der Waals surface area contributed by atoms with E-state index in [1.165, 1.54) is 0 Å². The Kier molecular flexibility index (Phi) is 4.05. The van der Waals surface area contributed by atoms with Crippen LogP contribution in [-0.2, 0) is 12.8 Å². The first kappa shape index (κ1) is 13.6. The molecular weight excluding hydrogens is 295 g/mol. The van der Waals surface area contributed by atoms with Crippen molar-refractivity contribution in [3.8, 4) is 0 Å². The highest BCUT2D eigenvalue weighted by Gasteiger charge is 2.16. The van der Waals surface area contributed by atoms with Crippen LogP contribution < -0.4 is 10.6 Å². The van der Waals surface area contributed by atoms with E-state index in [0.717, 1.165) is 48.7 Å². The fourth-order valence-electron chi connectivity index (χ4n) is 2.31. The summed E-state index contributed by atoms with van der Waals surface area (Å²) >= 11 is 12.2. The van der Waals surface area contributed by atoms with E-state index in [4.69, 9.17) is 23.2 Å². The standard InChI is InChI=1S/C14H14Cl2N4/c15-10-3-1-2-4-12(10)18-13-9-5-7-17-8-6-11(9)19-14(16)20-13/h1-4,17H,5-8H2,(H,18,19,20). The van der Waals surface area contributed by atoms with Gasteiger partial charge in [-0.05, 0) is 36.7 Å². The summed E-state index contributed by atoms with van der Waals surface area (Å²) in [5.74, 6) is 0.747. The van der Waals surface area contributed by atoms with Gasteiger partial charge in [0.25, 0.3) is 0 Å². The molecule has 3 rings (SSSR count). The number of nitrogens with one attached hydrogen (secondary N) is 2. The van der Waals surface area contributed by atoms with Crippen LogP contribution >= 0.6 is 23.2 Å². The Balaban J connectivity index is 2.01. The fraction of sp³-hybridized carbons (Fsp3) is 0.286. The van der Waals surface area contributed by atoms with Crippen molar-refractivity contribution >= 4 is 34.7 Å². The van der Waals surface area contributed by atoms with Gasteiger partial charge in [-0.2, -0.15) is 0 Å². The Hall–Kier alpha value is -1.36. The number of benzene rings is 1. The molecule has 0 saturated heterocycles. The molecule has 1 aliphatic heterocycles. The summed E-state index contributed by atoms with van der Waals surface area (Å²) in [7, 11) is 0. The monoisotopic (exact) mass is 308 g/mol. The van der Waals surface area contributed by atoms with Gasteiger partial charge in [-0.1, -0.05) is 23.7 Å². The smallest absolute Gasteiger partial charge is 0.224 e. The predicted molar refractivity (Wildman–Crippen MR) is 82.1 cm³/mol. The second-order valence-electron chi connectivity index (χ2n) is 4.62. The quantitative estimate of drug-likeness (QED) is 0.836. The molecule has 0 radical (unpaired) electrons. The minimum absolute atomic E-state index is 0.264. The van der Waals surface area contributed by atoms with Crippen LogP contribution in [0.5, 0.6) is 0 Å². The zero-order chi connectivity index (χ0) is 13.9. The van der Waals surface area contributed by atoms with Gasteiger partial charge >= 0.3 is 0 Å². The molecule has 0 aliphatic carbocycles. The number of nitrogens with zero attached hydrogens (tertiary/aromatic N) is 2. The number of para-hydroxylation sites is 1. The van der Waals surface area contributed by atoms with Crippen molar-refractivity contribution in [2.24, 2.45) is 0 Å². The van der Waals surface area contributed by atoms with Gasteiger partial charge in [-0.15, -0.1) is 0 Å². The van der Waals surface area contributed by atoms with Crippen LogP contribution in [-0.4, -0.2) is 23.1 Å². The molecule has 4 nitrogen and oxygen atoms in total. The number of rotatable bonds is 2. The first-order valence-electron chi connectivity index (χ1n) is 6.51. The van der Waals surface area contributed by atoms with E-state index in [0.29, 0.717) is 5.02 Å². The molecule has 0 atom stereocenters. The second kappa shape index (κ2) is 5.95. The van der Waals surface area contributed by atoms with Crippen LogP contribution in [0.1, 0.15) is 11.3 Å². The van der Waals surface area contributed by atoms with Crippen molar-refractivity contribution < 1.29 is 0 Å². The van der Waals surface area contributed by atoms with Crippen LogP contribution in [0.25, 0.3) is 0 Å². The number of anilines is 2. The number of halogens is 2. The zero-order valence-electron chi connectivity index (χ0n) is 10.8. The normalized spacial score (nSPS) is 14.5. The van der Waals surface area contributed by atoms with Crippen LogP contribution in [0.4, 0.5) is 11.5 Å². The van der Waals surface area contributed by atoms with Crippen LogP contribution in [0.15, 0.2) is 24.3 Å². The van der Waals surface area contributed by atoms with E-state index in [9.17, 15) is 0 Å². The van der Waals surface area contributed by atoms with Gasteiger partial charge in [-0.25, -0.2) is 9.97 Å². The summed E-state index contributed by atoms with van der Waals surface area (Å²) in [5, 5.41) is 7.54. The number of hydrogen-bond donors (Lipinski definition) is 2. The third-order valence-corrected chi connectivity index (χ3v) is 3.78. The average Bonchev–Trinajstić information content (AvgIpc) is 2.66. The Bertz CT molecular complexity index is 631. The first-order chi connectivity index (χ1) is 9.74. The third kappa shape index (κ3) is 2.87. The van der Waals surface area contributed by atoms with Gasteiger partial charge in [0.15, 0.2) is 0 Å². The fourth-order valence-corrected chi connectivity index (χ4v) is 2.68. The summed E-state index contributed by atoms with van der Waals surface area (Å²) in [6.07, 6.45) is 1.73. The Labute approximate surface area is 127 Å². The molecule has 2 heterocycles. The Morgan fingerprint density at radius 1 is 1.05 bits per heavy atom. The molecule has 0 amide bonds. The molecule has 0 unspecified atom stereocenters. The van der Waals surface area contributed by atoms with Crippen molar-refractivity contribution in [3.63, 3.8) is 0 Å². The molecule has 1 aromatic carbocycles. The van der Waals surface area contributed by atoms with Crippen LogP contribution in [0.3, 0.4) is 0 Å². The number of fused-ring (bicyclic) bond motifs is 1. The highest BCUT2D eigenvalue weighted by Crippen LogP contribution is 2.28. The highest BCUT2D eigenvalue weighted by molar-refractivity contribution is 6.33. The van der Waals surface area contributed by atoms with E-state index < -0.39 is 0 Å². The lowest BCUT2D eigenvalue weighted by molar-refractivity contribution is 0.708. The molecule has 1 aromatic heterocycles. The molecule has 6 heteroatoms. The molecule has 1 aliphatic rings. The molecule has 0 fully saturated rings. The average molecular weight is 309 g/mol. The molecule has 2 aromatic rings.